The third-order valence-corrected chi connectivity index (χ3v) is 4.57. The minimum absolute atomic E-state index is 0. The summed E-state index contributed by atoms with van der Waals surface area (Å²) in [6.45, 7) is 0. The maximum absolute atomic E-state index is 12.2. The number of aromatic nitrogens is 2. The SMILES string of the molecule is COC(=O)Nc1nc2ccc(Oc3ccc(NC(=O)Nc4cccc(C(=O)O)c4)cc3)cc2[nH]1.Cl. The van der Waals surface area contributed by atoms with Crippen LogP contribution in [0.25, 0.3) is 11.0 Å². The molecule has 180 valence electrons. The molecule has 0 radical (unpaired) electrons. The molecular formula is C23H20ClN5O6. The number of hydrogen-bond acceptors (Lipinski definition) is 6. The maximum Gasteiger partial charge on any atom is 0.413 e. The van der Waals surface area contributed by atoms with Gasteiger partial charge in [-0.2, -0.15) is 0 Å². The van der Waals surface area contributed by atoms with E-state index < -0.39 is 18.1 Å². The number of fused-ring (bicyclic) bond motifs is 1. The number of hydrogen-bond donors (Lipinski definition) is 5. The second-order valence-electron chi connectivity index (χ2n) is 6.97. The predicted molar refractivity (Wildman–Crippen MR) is 132 cm³/mol. The lowest BCUT2D eigenvalue weighted by Gasteiger charge is -2.10. The first-order chi connectivity index (χ1) is 16.4. The fourth-order valence-corrected chi connectivity index (χ4v) is 3.02. The Hall–Kier alpha value is -4.77. The number of amides is 3. The second-order valence-corrected chi connectivity index (χ2v) is 6.97. The molecule has 0 aliphatic rings. The van der Waals surface area contributed by atoms with Gasteiger partial charge in [-0.05, 0) is 54.6 Å². The zero-order valence-electron chi connectivity index (χ0n) is 18.2. The number of urea groups is 1. The van der Waals surface area contributed by atoms with E-state index in [2.05, 4.69) is 30.7 Å². The number of imidazole rings is 1. The molecule has 12 heteroatoms. The summed E-state index contributed by atoms with van der Waals surface area (Å²) in [7, 11) is 1.26. The lowest BCUT2D eigenvalue weighted by Crippen LogP contribution is -2.19. The van der Waals surface area contributed by atoms with Gasteiger partial charge in [-0.25, -0.2) is 19.4 Å². The van der Waals surface area contributed by atoms with E-state index in [0.29, 0.717) is 33.9 Å². The van der Waals surface area contributed by atoms with Crippen LogP contribution in [0.4, 0.5) is 26.9 Å². The maximum atomic E-state index is 12.2. The van der Waals surface area contributed by atoms with E-state index in [1.165, 1.54) is 19.2 Å². The topological polar surface area (TPSA) is 155 Å². The highest BCUT2D eigenvalue weighted by Gasteiger charge is 2.09. The van der Waals surface area contributed by atoms with Crippen LogP contribution in [0.15, 0.2) is 66.7 Å². The van der Waals surface area contributed by atoms with Gasteiger partial charge in [0.25, 0.3) is 0 Å². The fourth-order valence-electron chi connectivity index (χ4n) is 3.02. The number of carboxylic acids is 1. The standard InChI is InChI=1S/C23H19N5O6.ClH/c1-33-23(32)28-21-26-18-10-9-17(12-19(18)27-21)34-16-7-5-14(6-8-16)24-22(31)25-15-4-2-3-13(11-15)20(29)30;/h2-12H,1H3,(H,29,30)(H2,24,25,31)(H2,26,27,28,32);1H. The Balaban J connectivity index is 0.00000342. The van der Waals surface area contributed by atoms with E-state index in [0.717, 1.165) is 0 Å². The minimum atomic E-state index is -1.08. The monoisotopic (exact) mass is 497 g/mol. The first-order valence-corrected chi connectivity index (χ1v) is 9.93. The van der Waals surface area contributed by atoms with Crippen molar-refractivity contribution in [2.75, 3.05) is 23.1 Å². The Bertz CT molecular complexity index is 1370. The first kappa shape index (κ1) is 24.9. The molecule has 1 aromatic heterocycles. The number of aromatic carboxylic acids is 1. The molecule has 35 heavy (non-hydrogen) atoms. The number of rotatable bonds is 6. The first-order valence-electron chi connectivity index (χ1n) is 9.93. The van der Waals surface area contributed by atoms with E-state index in [4.69, 9.17) is 9.84 Å². The van der Waals surface area contributed by atoms with Crippen LogP contribution in [0.2, 0.25) is 0 Å². The Morgan fingerprint density at radius 2 is 1.60 bits per heavy atom. The number of carbonyl (C=O) groups excluding carboxylic acids is 2. The second kappa shape index (κ2) is 10.9. The van der Waals surface area contributed by atoms with E-state index in [1.807, 2.05) is 0 Å². The summed E-state index contributed by atoms with van der Waals surface area (Å²) in [5.74, 6) is 0.247. The summed E-state index contributed by atoms with van der Waals surface area (Å²) in [4.78, 5) is 41.8. The quantitative estimate of drug-likeness (QED) is 0.242. The number of carboxylic acid groups (broad SMARTS) is 1. The molecule has 0 saturated heterocycles. The van der Waals surface area contributed by atoms with Crippen LogP contribution in [-0.4, -0.2) is 40.3 Å². The highest BCUT2D eigenvalue weighted by molar-refractivity contribution is 6.00. The summed E-state index contributed by atoms with van der Waals surface area (Å²) < 4.78 is 10.4. The van der Waals surface area contributed by atoms with Gasteiger partial charge in [0.15, 0.2) is 0 Å². The van der Waals surface area contributed by atoms with Gasteiger partial charge in [-0.15, -0.1) is 12.4 Å². The van der Waals surface area contributed by atoms with Crippen molar-refractivity contribution in [2.24, 2.45) is 0 Å². The minimum Gasteiger partial charge on any atom is -0.478 e. The molecule has 0 aliphatic heterocycles. The summed E-state index contributed by atoms with van der Waals surface area (Å²) in [5, 5.41) is 16.8. The van der Waals surface area contributed by atoms with Gasteiger partial charge >= 0.3 is 18.1 Å². The molecule has 0 saturated carbocycles. The molecular weight excluding hydrogens is 478 g/mol. The third kappa shape index (κ3) is 6.39. The normalized spacial score (nSPS) is 10.1. The van der Waals surface area contributed by atoms with Crippen LogP contribution in [0.1, 0.15) is 10.4 Å². The van der Waals surface area contributed by atoms with Gasteiger partial charge in [-0.1, -0.05) is 6.07 Å². The van der Waals surface area contributed by atoms with Crippen LogP contribution < -0.4 is 20.7 Å². The Morgan fingerprint density at radius 1 is 0.886 bits per heavy atom. The summed E-state index contributed by atoms with van der Waals surface area (Å²) in [5.41, 5.74) is 2.24. The van der Waals surface area contributed by atoms with Crippen LogP contribution in [0.3, 0.4) is 0 Å². The lowest BCUT2D eigenvalue weighted by molar-refractivity contribution is 0.0696. The van der Waals surface area contributed by atoms with Crippen LogP contribution >= 0.6 is 12.4 Å². The van der Waals surface area contributed by atoms with Gasteiger partial charge in [-0.3, -0.25) is 5.32 Å². The number of H-pyrrole nitrogens is 1. The van der Waals surface area contributed by atoms with Crippen LogP contribution in [0.5, 0.6) is 11.5 Å². The van der Waals surface area contributed by atoms with Crippen molar-refractivity contribution < 1.29 is 29.0 Å². The van der Waals surface area contributed by atoms with Gasteiger partial charge in [0, 0.05) is 17.4 Å². The Kier molecular flexibility index (Phi) is 7.74. The summed E-state index contributed by atoms with van der Waals surface area (Å²) >= 11 is 0. The Morgan fingerprint density at radius 3 is 2.31 bits per heavy atom. The molecule has 11 nitrogen and oxygen atoms in total. The van der Waals surface area contributed by atoms with Gasteiger partial charge < -0.3 is 30.2 Å². The molecule has 0 bridgehead atoms. The number of halogens is 1. The largest absolute Gasteiger partial charge is 0.478 e. The fraction of sp³-hybridized carbons (Fsp3) is 0.0435. The summed E-state index contributed by atoms with van der Waals surface area (Å²) in [6.07, 6.45) is -0.633. The van der Waals surface area contributed by atoms with Crippen molar-refractivity contribution in [1.82, 2.24) is 9.97 Å². The molecule has 1 heterocycles. The molecule has 5 N–H and O–H groups in total. The summed E-state index contributed by atoms with van der Waals surface area (Å²) in [6, 6.07) is 17.3. The zero-order chi connectivity index (χ0) is 24.1. The molecule has 4 aromatic rings. The third-order valence-electron chi connectivity index (χ3n) is 4.57. The van der Waals surface area contributed by atoms with Crippen LogP contribution in [0, 0.1) is 0 Å². The number of benzene rings is 3. The molecule has 0 aliphatic carbocycles. The van der Waals surface area contributed by atoms with E-state index in [1.54, 1.807) is 54.6 Å². The Labute approximate surface area is 204 Å². The molecule has 3 amide bonds. The van der Waals surface area contributed by atoms with E-state index in [9.17, 15) is 14.4 Å². The number of methoxy groups -OCH3 is 1. The van der Waals surface area contributed by atoms with Gasteiger partial charge in [0.05, 0.1) is 23.7 Å². The molecule has 3 aromatic carbocycles. The number of nitrogens with zero attached hydrogens (tertiary/aromatic N) is 1. The molecule has 0 fully saturated rings. The highest BCUT2D eigenvalue weighted by Crippen LogP contribution is 2.26. The number of aromatic amines is 1. The number of nitrogens with one attached hydrogen (secondary N) is 4. The van der Waals surface area contributed by atoms with Crippen molar-refractivity contribution >= 4 is 58.9 Å². The van der Waals surface area contributed by atoms with Gasteiger partial charge in [0.1, 0.15) is 11.5 Å². The molecule has 0 spiro atoms. The molecule has 4 rings (SSSR count). The zero-order valence-corrected chi connectivity index (χ0v) is 19.0. The smallest absolute Gasteiger partial charge is 0.413 e. The van der Waals surface area contributed by atoms with Crippen molar-refractivity contribution in [3.05, 3.63) is 72.3 Å². The average Bonchev–Trinajstić information content (AvgIpc) is 3.21. The lowest BCUT2D eigenvalue weighted by atomic mass is 10.2. The average molecular weight is 498 g/mol. The van der Waals surface area contributed by atoms with Crippen molar-refractivity contribution in [3.8, 4) is 11.5 Å². The van der Waals surface area contributed by atoms with Crippen molar-refractivity contribution in [3.63, 3.8) is 0 Å². The number of carbonyl (C=O) groups is 3. The van der Waals surface area contributed by atoms with E-state index in [-0.39, 0.29) is 23.9 Å². The van der Waals surface area contributed by atoms with Crippen molar-refractivity contribution in [2.45, 2.75) is 0 Å². The number of ether oxygens (including phenoxy) is 2. The van der Waals surface area contributed by atoms with E-state index >= 15 is 0 Å². The van der Waals surface area contributed by atoms with Crippen LogP contribution in [-0.2, 0) is 4.74 Å². The molecule has 0 unspecified atom stereocenters. The molecule has 0 atom stereocenters. The van der Waals surface area contributed by atoms with Crippen molar-refractivity contribution in [1.29, 1.82) is 0 Å². The highest BCUT2D eigenvalue weighted by atomic mass is 35.5. The predicted octanol–water partition coefficient (Wildman–Crippen LogP) is 5.30. The number of anilines is 3. The van der Waals surface area contributed by atoms with Gasteiger partial charge in [0.2, 0.25) is 5.95 Å².